The number of benzene rings is 1. The summed E-state index contributed by atoms with van der Waals surface area (Å²) in [4.78, 5) is 10.6. The smallest absolute Gasteiger partial charge is 0.153 e. The minimum absolute atomic E-state index is 0.0675. The Morgan fingerprint density at radius 3 is 3.00 bits per heavy atom. The molecule has 0 aliphatic rings. The molecule has 1 heterocycles. The van der Waals surface area contributed by atoms with Gasteiger partial charge in [0.25, 0.3) is 0 Å². The maximum Gasteiger partial charge on any atom is 0.153 e. The molecule has 0 unspecified atom stereocenters. The largest absolute Gasteiger partial charge is 0.464 e. The topological polar surface area (TPSA) is 50.4 Å². The molecule has 3 nitrogen and oxygen atoms in total. The average Bonchev–Trinajstić information content (AvgIpc) is 2.63. The van der Waals surface area contributed by atoms with Gasteiger partial charge in [-0.1, -0.05) is 0 Å². The molecule has 0 fully saturated rings. The van der Waals surface area contributed by atoms with E-state index in [0.29, 0.717) is 11.1 Å². The Bertz CT molecular complexity index is 442. The van der Waals surface area contributed by atoms with E-state index in [-0.39, 0.29) is 6.61 Å². The van der Waals surface area contributed by atoms with E-state index in [1.54, 1.807) is 18.2 Å². The predicted octanol–water partition coefficient (Wildman–Crippen LogP) is 1.74. The summed E-state index contributed by atoms with van der Waals surface area (Å²) in [7, 11) is 0. The fourth-order valence-corrected chi connectivity index (χ4v) is 1.35. The maximum atomic E-state index is 10.6. The van der Waals surface area contributed by atoms with E-state index in [4.69, 9.17) is 9.52 Å². The van der Waals surface area contributed by atoms with Crippen LogP contribution in [0.2, 0.25) is 0 Å². The molecule has 3 heteroatoms. The SMILES string of the molecule is O=Cc1cc(CO)cc2ccoc12. The van der Waals surface area contributed by atoms with Gasteiger partial charge in [-0.15, -0.1) is 0 Å². The van der Waals surface area contributed by atoms with Crippen LogP contribution in [0, 0.1) is 0 Å². The van der Waals surface area contributed by atoms with Gasteiger partial charge in [0.05, 0.1) is 18.4 Å². The van der Waals surface area contributed by atoms with Crippen LogP contribution in [-0.2, 0) is 6.61 Å². The van der Waals surface area contributed by atoms with E-state index in [1.165, 1.54) is 6.26 Å². The molecule has 0 saturated carbocycles. The summed E-state index contributed by atoms with van der Waals surface area (Å²) < 4.78 is 5.13. The number of hydrogen-bond acceptors (Lipinski definition) is 3. The first-order valence-corrected chi connectivity index (χ1v) is 3.91. The zero-order chi connectivity index (χ0) is 9.26. The highest BCUT2D eigenvalue weighted by Gasteiger charge is 2.05. The van der Waals surface area contributed by atoms with Crippen LogP contribution in [0.5, 0.6) is 0 Å². The minimum atomic E-state index is -0.0675. The van der Waals surface area contributed by atoms with E-state index < -0.39 is 0 Å². The Morgan fingerprint density at radius 1 is 1.46 bits per heavy atom. The van der Waals surface area contributed by atoms with Crippen molar-refractivity contribution in [1.82, 2.24) is 0 Å². The molecule has 2 rings (SSSR count). The van der Waals surface area contributed by atoms with Crippen molar-refractivity contribution in [3.8, 4) is 0 Å². The molecule has 1 aromatic heterocycles. The van der Waals surface area contributed by atoms with Crippen molar-refractivity contribution in [2.24, 2.45) is 0 Å². The van der Waals surface area contributed by atoms with Crippen molar-refractivity contribution < 1.29 is 14.3 Å². The third-order valence-electron chi connectivity index (χ3n) is 1.95. The number of aliphatic hydroxyl groups is 1. The molecule has 1 N–H and O–H groups in total. The Hall–Kier alpha value is -1.61. The normalized spacial score (nSPS) is 10.5. The van der Waals surface area contributed by atoms with Gasteiger partial charge in [-0.3, -0.25) is 4.79 Å². The molecule has 0 aliphatic heterocycles. The number of fused-ring (bicyclic) bond motifs is 1. The number of aldehydes is 1. The highest BCUT2D eigenvalue weighted by atomic mass is 16.3. The molecule has 0 atom stereocenters. The quantitative estimate of drug-likeness (QED) is 0.709. The monoisotopic (exact) mass is 176 g/mol. The van der Waals surface area contributed by atoms with E-state index in [0.717, 1.165) is 17.2 Å². The standard InChI is InChI=1S/C10H8O3/c11-5-7-3-8-1-2-13-10(8)9(4-7)6-12/h1-4,6,11H,5H2. The Morgan fingerprint density at radius 2 is 2.31 bits per heavy atom. The molecular formula is C10H8O3. The summed E-state index contributed by atoms with van der Waals surface area (Å²) in [6, 6.07) is 5.19. The van der Waals surface area contributed by atoms with Crippen molar-refractivity contribution in [3.63, 3.8) is 0 Å². The summed E-state index contributed by atoms with van der Waals surface area (Å²) in [6.45, 7) is -0.0675. The third-order valence-corrected chi connectivity index (χ3v) is 1.95. The molecule has 0 amide bonds. The first kappa shape index (κ1) is 8.01. The molecule has 0 bridgehead atoms. The van der Waals surface area contributed by atoms with Crippen LogP contribution in [-0.4, -0.2) is 11.4 Å². The number of aliphatic hydroxyl groups excluding tert-OH is 1. The van der Waals surface area contributed by atoms with Gasteiger partial charge in [-0.2, -0.15) is 0 Å². The molecule has 2 aromatic rings. The molecule has 13 heavy (non-hydrogen) atoms. The Kier molecular flexibility index (Phi) is 1.87. The Labute approximate surface area is 74.6 Å². The lowest BCUT2D eigenvalue weighted by atomic mass is 10.1. The second-order valence-corrected chi connectivity index (χ2v) is 2.80. The zero-order valence-corrected chi connectivity index (χ0v) is 6.86. The summed E-state index contributed by atoms with van der Waals surface area (Å²) in [5.74, 6) is 0. The van der Waals surface area contributed by atoms with Crippen molar-refractivity contribution in [3.05, 3.63) is 35.6 Å². The van der Waals surface area contributed by atoms with Crippen LogP contribution < -0.4 is 0 Å². The predicted molar refractivity (Wildman–Crippen MR) is 47.5 cm³/mol. The summed E-state index contributed by atoms with van der Waals surface area (Å²) in [5.41, 5.74) is 1.77. The number of carbonyl (C=O) groups is 1. The molecular weight excluding hydrogens is 168 g/mol. The van der Waals surface area contributed by atoms with Crippen LogP contribution in [0.25, 0.3) is 11.0 Å². The van der Waals surface area contributed by atoms with Crippen LogP contribution in [0.1, 0.15) is 15.9 Å². The van der Waals surface area contributed by atoms with Crippen LogP contribution in [0.15, 0.2) is 28.9 Å². The van der Waals surface area contributed by atoms with Crippen molar-refractivity contribution in [2.45, 2.75) is 6.61 Å². The number of hydrogen-bond donors (Lipinski definition) is 1. The average molecular weight is 176 g/mol. The molecule has 66 valence electrons. The zero-order valence-electron chi connectivity index (χ0n) is 6.86. The summed E-state index contributed by atoms with van der Waals surface area (Å²) >= 11 is 0. The van der Waals surface area contributed by atoms with Crippen LogP contribution >= 0.6 is 0 Å². The van der Waals surface area contributed by atoms with Gasteiger partial charge in [-0.25, -0.2) is 0 Å². The fraction of sp³-hybridized carbons (Fsp3) is 0.100. The fourth-order valence-electron chi connectivity index (χ4n) is 1.35. The van der Waals surface area contributed by atoms with E-state index >= 15 is 0 Å². The lowest BCUT2D eigenvalue weighted by molar-refractivity contribution is 0.112. The van der Waals surface area contributed by atoms with Crippen molar-refractivity contribution >= 4 is 17.3 Å². The summed E-state index contributed by atoms with van der Waals surface area (Å²) in [5, 5.41) is 9.75. The van der Waals surface area contributed by atoms with Gasteiger partial charge in [0.2, 0.25) is 0 Å². The third kappa shape index (κ3) is 1.23. The molecule has 0 spiro atoms. The van der Waals surface area contributed by atoms with E-state index in [2.05, 4.69) is 0 Å². The van der Waals surface area contributed by atoms with E-state index in [1.807, 2.05) is 0 Å². The lowest BCUT2D eigenvalue weighted by Crippen LogP contribution is -1.87. The molecule has 1 aromatic carbocycles. The van der Waals surface area contributed by atoms with Gasteiger partial charge in [0.1, 0.15) is 5.58 Å². The minimum Gasteiger partial charge on any atom is -0.464 e. The highest BCUT2D eigenvalue weighted by molar-refractivity contribution is 5.95. The highest BCUT2D eigenvalue weighted by Crippen LogP contribution is 2.21. The Balaban J connectivity index is 2.77. The van der Waals surface area contributed by atoms with Crippen LogP contribution in [0.3, 0.4) is 0 Å². The second-order valence-electron chi connectivity index (χ2n) is 2.80. The first-order valence-electron chi connectivity index (χ1n) is 3.91. The number of furan rings is 1. The van der Waals surface area contributed by atoms with Crippen molar-refractivity contribution in [1.29, 1.82) is 0 Å². The number of carbonyl (C=O) groups excluding carboxylic acids is 1. The molecule has 0 radical (unpaired) electrons. The molecule has 0 aliphatic carbocycles. The van der Waals surface area contributed by atoms with E-state index in [9.17, 15) is 4.79 Å². The maximum absolute atomic E-state index is 10.6. The lowest BCUT2D eigenvalue weighted by Gasteiger charge is -1.98. The first-order chi connectivity index (χ1) is 6.35. The van der Waals surface area contributed by atoms with Crippen LogP contribution in [0.4, 0.5) is 0 Å². The summed E-state index contributed by atoms with van der Waals surface area (Å²) in [6.07, 6.45) is 2.25. The van der Waals surface area contributed by atoms with Gasteiger partial charge in [-0.05, 0) is 23.8 Å². The van der Waals surface area contributed by atoms with Gasteiger partial charge in [0, 0.05) is 5.39 Å². The van der Waals surface area contributed by atoms with Crippen molar-refractivity contribution in [2.75, 3.05) is 0 Å². The van der Waals surface area contributed by atoms with Gasteiger partial charge in [0.15, 0.2) is 6.29 Å². The second kappa shape index (κ2) is 3.03. The number of rotatable bonds is 2. The van der Waals surface area contributed by atoms with Gasteiger partial charge >= 0.3 is 0 Å². The van der Waals surface area contributed by atoms with Gasteiger partial charge < -0.3 is 9.52 Å². The molecule has 0 saturated heterocycles.